The summed E-state index contributed by atoms with van der Waals surface area (Å²) in [7, 11) is 0. The minimum Gasteiger partial charge on any atom is -0.352 e. The van der Waals surface area contributed by atoms with Crippen molar-refractivity contribution in [1.29, 1.82) is 0 Å². The van der Waals surface area contributed by atoms with Gasteiger partial charge in [-0.1, -0.05) is 44.2 Å². The number of anilines is 1. The fourth-order valence-corrected chi connectivity index (χ4v) is 2.38. The molecule has 106 valence electrons. The molecule has 0 fully saturated rings. The minimum atomic E-state index is 0.329. The Kier molecular flexibility index (Phi) is 5.50. The summed E-state index contributed by atoms with van der Waals surface area (Å²) < 4.78 is 0. The summed E-state index contributed by atoms with van der Waals surface area (Å²) in [5.74, 6) is 0.681. The average molecular weight is 270 g/mol. The number of nitrogens with one attached hydrogen (secondary N) is 1. The summed E-state index contributed by atoms with van der Waals surface area (Å²) in [5, 5.41) is 3.33. The predicted octanol–water partition coefficient (Wildman–Crippen LogP) is 2.97. The molecule has 1 N–H and O–H groups in total. The first-order chi connectivity index (χ1) is 9.85. The third-order valence-electron chi connectivity index (χ3n) is 3.46. The van der Waals surface area contributed by atoms with Gasteiger partial charge in [0.05, 0.1) is 6.04 Å². The van der Waals surface area contributed by atoms with Crippen LogP contribution in [0.25, 0.3) is 0 Å². The van der Waals surface area contributed by atoms with E-state index in [9.17, 15) is 0 Å². The Labute approximate surface area is 120 Å². The van der Waals surface area contributed by atoms with Crippen molar-refractivity contribution in [3.63, 3.8) is 0 Å². The molecule has 0 aliphatic rings. The van der Waals surface area contributed by atoms with Gasteiger partial charge in [-0.15, -0.1) is 0 Å². The van der Waals surface area contributed by atoms with Crippen LogP contribution in [0.15, 0.2) is 48.8 Å². The standard InChI is InChI=1S/C16H22N4/c1-3-20(4-2)15(14-9-6-5-7-10-14)13-19-16-17-11-8-12-18-16/h5-12,15H,3-4,13H2,1-2H3,(H,17,18,19). The van der Waals surface area contributed by atoms with Crippen LogP contribution in [0.1, 0.15) is 25.5 Å². The van der Waals surface area contributed by atoms with Gasteiger partial charge < -0.3 is 5.32 Å². The minimum absolute atomic E-state index is 0.329. The maximum Gasteiger partial charge on any atom is 0.222 e. The average Bonchev–Trinajstić information content (AvgIpc) is 2.53. The lowest BCUT2D eigenvalue weighted by molar-refractivity contribution is 0.228. The molecule has 0 radical (unpaired) electrons. The van der Waals surface area contributed by atoms with E-state index in [0.29, 0.717) is 12.0 Å². The van der Waals surface area contributed by atoms with Crippen molar-refractivity contribution in [2.45, 2.75) is 19.9 Å². The van der Waals surface area contributed by atoms with E-state index >= 15 is 0 Å². The Morgan fingerprint density at radius 1 is 1.00 bits per heavy atom. The number of nitrogens with zero attached hydrogens (tertiary/aromatic N) is 3. The molecule has 1 unspecified atom stereocenters. The van der Waals surface area contributed by atoms with E-state index in [1.165, 1.54) is 5.56 Å². The number of rotatable bonds is 7. The summed E-state index contributed by atoms with van der Waals surface area (Å²) in [5.41, 5.74) is 1.32. The molecule has 4 nitrogen and oxygen atoms in total. The lowest BCUT2D eigenvalue weighted by Gasteiger charge is -2.30. The molecule has 0 bridgehead atoms. The molecule has 0 amide bonds. The van der Waals surface area contributed by atoms with Gasteiger partial charge in [0, 0.05) is 18.9 Å². The van der Waals surface area contributed by atoms with Gasteiger partial charge in [-0.05, 0) is 24.7 Å². The molecule has 1 atom stereocenters. The molecule has 0 aliphatic carbocycles. The van der Waals surface area contributed by atoms with Gasteiger partial charge in [0.15, 0.2) is 0 Å². The van der Waals surface area contributed by atoms with Crippen LogP contribution in [0.5, 0.6) is 0 Å². The lowest BCUT2D eigenvalue weighted by atomic mass is 10.1. The van der Waals surface area contributed by atoms with Gasteiger partial charge in [-0.3, -0.25) is 4.90 Å². The summed E-state index contributed by atoms with van der Waals surface area (Å²) in [4.78, 5) is 10.9. The van der Waals surface area contributed by atoms with Crippen molar-refractivity contribution >= 4 is 5.95 Å². The van der Waals surface area contributed by atoms with Crippen molar-refractivity contribution < 1.29 is 0 Å². The van der Waals surface area contributed by atoms with Crippen molar-refractivity contribution in [2.24, 2.45) is 0 Å². The van der Waals surface area contributed by atoms with E-state index < -0.39 is 0 Å². The summed E-state index contributed by atoms with van der Waals surface area (Å²) in [6.07, 6.45) is 3.51. The third kappa shape index (κ3) is 3.78. The highest BCUT2D eigenvalue weighted by Crippen LogP contribution is 2.20. The van der Waals surface area contributed by atoms with Gasteiger partial charge in [0.25, 0.3) is 0 Å². The summed E-state index contributed by atoms with van der Waals surface area (Å²) >= 11 is 0. The van der Waals surface area contributed by atoms with Crippen molar-refractivity contribution in [1.82, 2.24) is 14.9 Å². The zero-order valence-corrected chi connectivity index (χ0v) is 12.2. The van der Waals surface area contributed by atoms with Crippen LogP contribution in [0.3, 0.4) is 0 Å². The molecule has 0 saturated carbocycles. The highest BCUT2D eigenvalue weighted by atomic mass is 15.2. The highest BCUT2D eigenvalue weighted by molar-refractivity contribution is 5.26. The van der Waals surface area contributed by atoms with Crippen molar-refractivity contribution in [2.75, 3.05) is 25.0 Å². The first kappa shape index (κ1) is 14.5. The van der Waals surface area contributed by atoms with Gasteiger partial charge in [0.1, 0.15) is 0 Å². The van der Waals surface area contributed by atoms with E-state index in [4.69, 9.17) is 0 Å². The van der Waals surface area contributed by atoms with Crippen LogP contribution in [-0.4, -0.2) is 34.5 Å². The quantitative estimate of drug-likeness (QED) is 0.840. The fourth-order valence-electron chi connectivity index (χ4n) is 2.38. The van der Waals surface area contributed by atoms with E-state index in [2.05, 4.69) is 64.4 Å². The van der Waals surface area contributed by atoms with Crippen LogP contribution in [0, 0.1) is 0 Å². The van der Waals surface area contributed by atoms with Gasteiger partial charge in [0.2, 0.25) is 5.95 Å². The molecule has 1 heterocycles. The van der Waals surface area contributed by atoms with E-state index in [1.54, 1.807) is 12.4 Å². The number of aromatic nitrogens is 2. The Morgan fingerprint density at radius 3 is 2.25 bits per heavy atom. The fraction of sp³-hybridized carbons (Fsp3) is 0.375. The Morgan fingerprint density at radius 2 is 1.65 bits per heavy atom. The maximum absolute atomic E-state index is 4.21. The molecule has 1 aromatic heterocycles. The molecule has 1 aromatic carbocycles. The zero-order chi connectivity index (χ0) is 14.2. The second kappa shape index (κ2) is 7.60. The number of likely N-dealkylation sites (N-methyl/N-ethyl adjacent to an activating group) is 1. The SMILES string of the molecule is CCN(CC)C(CNc1ncccn1)c1ccccc1. The maximum atomic E-state index is 4.21. The second-order valence-electron chi connectivity index (χ2n) is 4.60. The van der Waals surface area contributed by atoms with Crippen molar-refractivity contribution in [3.05, 3.63) is 54.4 Å². The predicted molar refractivity (Wildman–Crippen MR) is 82.6 cm³/mol. The Hall–Kier alpha value is -1.94. The summed E-state index contributed by atoms with van der Waals surface area (Å²) in [6.45, 7) is 7.23. The summed E-state index contributed by atoms with van der Waals surface area (Å²) in [6, 6.07) is 12.7. The molecule has 2 rings (SSSR count). The van der Waals surface area contributed by atoms with Crippen LogP contribution in [-0.2, 0) is 0 Å². The molecule has 0 spiro atoms. The Balaban J connectivity index is 2.11. The molecule has 2 aromatic rings. The number of hydrogen-bond acceptors (Lipinski definition) is 4. The topological polar surface area (TPSA) is 41.0 Å². The van der Waals surface area contributed by atoms with E-state index in [0.717, 1.165) is 19.6 Å². The van der Waals surface area contributed by atoms with Crippen LogP contribution < -0.4 is 5.32 Å². The monoisotopic (exact) mass is 270 g/mol. The first-order valence-electron chi connectivity index (χ1n) is 7.15. The molecule has 4 heteroatoms. The second-order valence-corrected chi connectivity index (χ2v) is 4.60. The number of hydrogen-bond donors (Lipinski definition) is 1. The molecular weight excluding hydrogens is 248 g/mol. The van der Waals surface area contributed by atoms with Gasteiger partial charge in [-0.25, -0.2) is 9.97 Å². The van der Waals surface area contributed by atoms with E-state index in [1.807, 2.05) is 6.07 Å². The van der Waals surface area contributed by atoms with E-state index in [-0.39, 0.29) is 0 Å². The smallest absolute Gasteiger partial charge is 0.222 e. The van der Waals surface area contributed by atoms with Crippen molar-refractivity contribution in [3.8, 4) is 0 Å². The lowest BCUT2D eigenvalue weighted by Crippen LogP contribution is -2.33. The highest BCUT2D eigenvalue weighted by Gasteiger charge is 2.17. The van der Waals surface area contributed by atoms with Gasteiger partial charge in [-0.2, -0.15) is 0 Å². The van der Waals surface area contributed by atoms with Crippen LogP contribution in [0.4, 0.5) is 5.95 Å². The Bertz CT molecular complexity index is 482. The molecule has 0 aliphatic heterocycles. The normalized spacial score (nSPS) is 12.3. The first-order valence-corrected chi connectivity index (χ1v) is 7.15. The molecule has 0 saturated heterocycles. The zero-order valence-electron chi connectivity index (χ0n) is 12.2. The van der Waals surface area contributed by atoms with Crippen LogP contribution in [0.2, 0.25) is 0 Å². The largest absolute Gasteiger partial charge is 0.352 e. The molecule has 20 heavy (non-hydrogen) atoms. The molecular formula is C16H22N4. The van der Waals surface area contributed by atoms with Gasteiger partial charge >= 0.3 is 0 Å². The third-order valence-corrected chi connectivity index (χ3v) is 3.46. The number of benzene rings is 1. The van der Waals surface area contributed by atoms with Crippen LogP contribution >= 0.6 is 0 Å².